The van der Waals surface area contributed by atoms with Crippen LogP contribution in [0.1, 0.15) is 41.6 Å². The highest BCUT2D eigenvalue weighted by Gasteiger charge is 2.20. The zero-order valence-electron chi connectivity index (χ0n) is 17.4. The summed E-state index contributed by atoms with van der Waals surface area (Å²) in [5.74, 6) is 1.05. The molecule has 2 N–H and O–H groups in total. The van der Waals surface area contributed by atoms with E-state index in [1.165, 1.54) is 25.7 Å². The number of nitrogen functional groups attached to an aromatic ring is 1. The summed E-state index contributed by atoms with van der Waals surface area (Å²) in [5, 5.41) is 0. The Bertz CT molecular complexity index is 1100. The number of nitrogens with two attached hydrogens (primary N) is 1. The topological polar surface area (TPSA) is 97.4 Å². The number of pyridine rings is 1. The zero-order valence-corrected chi connectivity index (χ0v) is 17.4. The molecule has 0 unspecified atom stereocenters. The number of amides is 1. The standard InChI is InChI=1S/C23H26N6O/c1-25-11-18-9-17(12-27-22(18)24)21-13-26-19-8-7-16(10-20(19)28-21)23(30)29(2)14-15-5-3-4-6-15/h7-13,15H,3-6,14H2,1-2H3,(H2,24,27). The van der Waals surface area contributed by atoms with Crippen molar-refractivity contribution in [1.29, 1.82) is 0 Å². The van der Waals surface area contributed by atoms with Gasteiger partial charge in [-0.1, -0.05) is 12.8 Å². The molecule has 2 aromatic heterocycles. The molecule has 7 heteroatoms. The molecule has 1 amide bonds. The molecule has 4 rings (SSSR count). The lowest BCUT2D eigenvalue weighted by molar-refractivity contribution is 0.0773. The van der Waals surface area contributed by atoms with E-state index in [0.29, 0.717) is 28.5 Å². The minimum absolute atomic E-state index is 0.0200. The summed E-state index contributed by atoms with van der Waals surface area (Å²) in [6.07, 6.45) is 10.0. The van der Waals surface area contributed by atoms with Crippen LogP contribution in [0.4, 0.5) is 5.82 Å². The number of aromatic nitrogens is 3. The largest absolute Gasteiger partial charge is 0.383 e. The molecular weight excluding hydrogens is 376 g/mol. The maximum absolute atomic E-state index is 12.9. The summed E-state index contributed by atoms with van der Waals surface area (Å²) in [6, 6.07) is 7.37. The van der Waals surface area contributed by atoms with Crippen molar-refractivity contribution in [2.24, 2.45) is 10.9 Å². The second-order valence-corrected chi connectivity index (χ2v) is 7.88. The molecule has 0 aliphatic heterocycles. The Morgan fingerprint density at radius 1 is 1.20 bits per heavy atom. The molecule has 0 saturated heterocycles. The minimum atomic E-state index is 0.0200. The van der Waals surface area contributed by atoms with E-state index >= 15 is 0 Å². The van der Waals surface area contributed by atoms with Gasteiger partial charge in [0.15, 0.2) is 0 Å². The number of anilines is 1. The molecular formula is C23H26N6O. The average molecular weight is 403 g/mol. The predicted octanol–water partition coefficient (Wildman–Crippen LogP) is 3.58. The van der Waals surface area contributed by atoms with E-state index in [0.717, 1.165) is 23.2 Å². The third-order valence-electron chi connectivity index (χ3n) is 5.66. The first kappa shape index (κ1) is 19.9. The molecule has 3 aromatic rings. The van der Waals surface area contributed by atoms with Crippen molar-refractivity contribution in [1.82, 2.24) is 19.9 Å². The van der Waals surface area contributed by atoms with Crippen molar-refractivity contribution < 1.29 is 4.79 Å². The van der Waals surface area contributed by atoms with E-state index in [1.54, 1.807) is 25.7 Å². The highest BCUT2D eigenvalue weighted by molar-refractivity contribution is 5.97. The number of aliphatic imine (C=N–C) groups is 1. The Balaban J connectivity index is 1.62. The quantitative estimate of drug-likeness (QED) is 0.658. The Hall–Kier alpha value is -3.35. The molecule has 1 saturated carbocycles. The van der Waals surface area contributed by atoms with Gasteiger partial charge >= 0.3 is 0 Å². The monoisotopic (exact) mass is 402 g/mol. The van der Waals surface area contributed by atoms with Crippen LogP contribution in [-0.2, 0) is 0 Å². The van der Waals surface area contributed by atoms with Gasteiger partial charge in [-0.25, -0.2) is 9.97 Å². The van der Waals surface area contributed by atoms with Gasteiger partial charge in [-0.15, -0.1) is 0 Å². The van der Waals surface area contributed by atoms with Gasteiger partial charge < -0.3 is 10.6 Å². The lowest BCUT2D eigenvalue weighted by Gasteiger charge is -2.21. The first-order valence-electron chi connectivity index (χ1n) is 10.3. The van der Waals surface area contributed by atoms with Crippen molar-refractivity contribution in [3.05, 3.63) is 47.8 Å². The van der Waals surface area contributed by atoms with E-state index < -0.39 is 0 Å². The fourth-order valence-corrected chi connectivity index (χ4v) is 4.04. The van der Waals surface area contributed by atoms with Gasteiger partial charge in [0.25, 0.3) is 5.91 Å². The highest BCUT2D eigenvalue weighted by atomic mass is 16.2. The fourth-order valence-electron chi connectivity index (χ4n) is 4.04. The fraction of sp³-hybridized carbons (Fsp3) is 0.348. The van der Waals surface area contributed by atoms with Crippen molar-refractivity contribution in [2.75, 3.05) is 26.4 Å². The van der Waals surface area contributed by atoms with E-state index in [9.17, 15) is 4.79 Å². The lowest BCUT2D eigenvalue weighted by atomic mass is 10.1. The number of nitrogens with zero attached hydrogens (tertiary/aromatic N) is 5. The Kier molecular flexibility index (Phi) is 5.70. The van der Waals surface area contributed by atoms with Crippen LogP contribution in [0, 0.1) is 5.92 Å². The number of hydrogen-bond donors (Lipinski definition) is 1. The number of carbonyl (C=O) groups is 1. The van der Waals surface area contributed by atoms with E-state index in [-0.39, 0.29) is 5.91 Å². The van der Waals surface area contributed by atoms with Gasteiger partial charge in [0.1, 0.15) is 5.82 Å². The Morgan fingerprint density at radius 2 is 2.00 bits per heavy atom. The first-order valence-corrected chi connectivity index (χ1v) is 10.3. The minimum Gasteiger partial charge on any atom is -0.383 e. The molecule has 0 atom stereocenters. The van der Waals surface area contributed by atoms with Crippen LogP contribution in [0.25, 0.3) is 22.3 Å². The first-order chi connectivity index (χ1) is 14.5. The van der Waals surface area contributed by atoms with Crippen molar-refractivity contribution >= 4 is 29.0 Å². The van der Waals surface area contributed by atoms with Gasteiger partial charge in [-0.05, 0) is 43.0 Å². The third-order valence-corrected chi connectivity index (χ3v) is 5.66. The number of carbonyl (C=O) groups excluding carboxylic acids is 1. The summed E-state index contributed by atoms with van der Waals surface area (Å²) in [4.78, 5) is 32.2. The molecule has 7 nitrogen and oxygen atoms in total. The summed E-state index contributed by atoms with van der Waals surface area (Å²) in [5.41, 5.74) is 10.1. The molecule has 1 fully saturated rings. The maximum atomic E-state index is 12.9. The van der Waals surface area contributed by atoms with Crippen molar-refractivity contribution in [2.45, 2.75) is 25.7 Å². The Morgan fingerprint density at radius 3 is 2.77 bits per heavy atom. The normalized spacial score (nSPS) is 14.6. The third kappa shape index (κ3) is 4.15. The second-order valence-electron chi connectivity index (χ2n) is 7.88. The number of fused-ring (bicyclic) bond motifs is 1. The molecule has 0 spiro atoms. The summed E-state index contributed by atoms with van der Waals surface area (Å²) in [6.45, 7) is 0.807. The van der Waals surface area contributed by atoms with Gasteiger partial charge in [0, 0.05) is 49.7 Å². The maximum Gasteiger partial charge on any atom is 0.253 e. The molecule has 0 radical (unpaired) electrons. The molecule has 2 heterocycles. The lowest BCUT2D eigenvalue weighted by Crippen LogP contribution is -2.31. The molecule has 30 heavy (non-hydrogen) atoms. The van der Waals surface area contributed by atoms with Crippen molar-refractivity contribution in [3.63, 3.8) is 0 Å². The Labute approximate surface area is 176 Å². The molecule has 1 aliphatic carbocycles. The van der Waals surface area contributed by atoms with Crippen LogP contribution in [0.5, 0.6) is 0 Å². The molecule has 1 aromatic carbocycles. The van der Waals surface area contributed by atoms with Crippen LogP contribution in [-0.4, -0.2) is 52.6 Å². The second kappa shape index (κ2) is 8.57. The summed E-state index contributed by atoms with van der Waals surface area (Å²) >= 11 is 0. The SMILES string of the molecule is CN=Cc1cc(-c2cnc3ccc(C(=O)N(C)CC4CCCC4)cc3n2)cnc1N. The van der Waals surface area contributed by atoms with E-state index in [2.05, 4.69) is 15.0 Å². The van der Waals surface area contributed by atoms with Crippen LogP contribution < -0.4 is 5.73 Å². The van der Waals surface area contributed by atoms with Gasteiger partial charge in [0.05, 0.1) is 22.9 Å². The summed E-state index contributed by atoms with van der Waals surface area (Å²) in [7, 11) is 3.56. The van der Waals surface area contributed by atoms with Crippen LogP contribution in [0.15, 0.2) is 41.7 Å². The van der Waals surface area contributed by atoms with E-state index in [4.69, 9.17) is 10.7 Å². The summed E-state index contributed by atoms with van der Waals surface area (Å²) < 4.78 is 0. The van der Waals surface area contributed by atoms with Crippen molar-refractivity contribution in [3.8, 4) is 11.3 Å². The highest BCUT2D eigenvalue weighted by Crippen LogP contribution is 2.26. The molecule has 0 bridgehead atoms. The number of hydrogen-bond acceptors (Lipinski definition) is 6. The molecule has 1 aliphatic rings. The average Bonchev–Trinajstić information content (AvgIpc) is 3.27. The van der Waals surface area contributed by atoms with Gasteiger partial charge in [-0.3, -0.25) is 14.8 Å². The van der Waals surface area contributed by atoms with Crippen LogP contribution in [0.2, 0.25) is 0 Å². The van der Waals surface area contributed by atoms with Gasteiger partial charge in [0.2, 0.25) is 0 Å². The predicted molar refractivity (Wildman–Crippen MR) is 120 cm³/mol. The number of benzene rings is 1. The van der Waals surface area contributed by atoms with Crippen LogP contribution in [0.3, 0.4) is 0 Å². The van der Waals surface area contributed by atoms with Crippen LogP contribution >= 0.6 is 0 Å². The van der Waals surface area contributed by atoms with Gasteiger partial charge in [-0.2, -0.15) is 0 Å². The molecule has 154 valence electrons. The van der Waals surface area contributed by atoms with E-state index in [1.807, 2.05) is 36.2 Å². The smallest absolute Gasteiger partial charge is 0.253 e. The zero-order chi connectivity index (χ0) is 21.1. The number of rotatable bonds is 5.